The van der Waals surface area contributed by atoms with Gasteiger partial charge in [0.05, 0.1) is 17.5 Å². The van der Waals surface area contributed by atoms with Crippen LogP contribution in [0.15, 0.2) is 18.2 Å². The number of rotatable bonds is 6. The highest BCUT2D eigenvalue weighted by molar-refractivity contribution is 6.31. The van der Waals surface area contributed by atoms with Gasteiger partial charge < -0.3 is 20.6 Å². The summed E-state index contributed by atoms with van der Waals surface area (Å²) in [5.41, 5.74) is 1.49. The highest BCUT2D eigenvalue weighted by Crippen LogP contribution is 2.27. The standard InChI is InChI=1S/C15H24ClN3O2/c1-10(2)7-12(20)9-17-15(21)18-13-8-11(16)5-6-14(13)19(3)4/h5-6,8,10,12,20H,7,9H2,1-4H3,(H2,17,18,21). The van der Waals surface area contributed by atoms with Crippen LogP contribution in [0.5, 0.6) is 0 Å². The fourth-order valence-electron chi connectivity index (χ4n) is 2.00. The largest absolute Gasteiger partial charge is 0.391 e. The smallest absolute Gasteiger partial charge is 0.319 e. The zero-order chi connectivity index (χ0) is 16.0. The van der Waals surface area contributed by atoms with Crippen LogP contribution in [0.25, 0.3) is 0 Å². The molecule has 1 unspecified atom stereocenters. The van der Waals surface area contributed by atoms with E-state index in [1.165, 1.54) is 0 Å². The number of nitrogens with one attached hydrogen (secondary N) is 2. The molecular formula is C15H24ClN3O2. The van der Waals surface area contributed by atoms with E-state index in [1.54, 1.807) is 12.1 Å². The fourth-order valence-corrected chi connectivity index (χ4v) is 2.17. The van der Waals surface area contributed by atoms with E-state index < -0.39 is 6.10 Å². The second kappa shape index (κ2) is 8.10. The van der Waals surface area contributed by atoms with E-state index in [1.807, 2.05) is 38.9 Å². The van der Waals surface area contributed by atoms with E-state index >= 15 is 0 Å². The third kappa shape index (κ3) is 6.23. The van der Waals surface area contributed by atoms with E-state index in [2.05, 4.69) is 10.6 Å². The van der Waals surface area contributed by atoms with Gasteiger partial charge in [-0.1, -0.05) is 25.4 Å². The van der Waals surface area contributed by atoms with E-state index in [-0.39, 0.29) is 12.6 Å². The molecule has 6 heteroatoms. The Kier molecular flexibility index (Phi) is 6.78. The Balaban J connectivity index is 2.60. The van der Waals surface area contributed by atoms with Crippen molar-refractivity contribution in [2.45, 2.75) is 26.4 Å². The first-order valence-electron chi connectivity index (χ1n) is 6.99. The third-order valence-electron chi connectivity index (χ3n) is 2.93. The molecule has 5 nitrogen and oxygen atoms in total. The molecule has 3 N–H and O–H groups in total. The van der Waals surface area contributed by atoms with Crippen LogP contribution in [0.2, 0.25) is 5.02 Å². The number of carbonyl (C=O) groups excluding carboxylic acids is 1. The van der Waals surface area contributed by atoms with Crippen molar-refractivity contribution in [3.63, 3.8) is 0 Å². The normalized spacial score (nSPS) is 12.1. The molecule has 0 aliphatic heterocycles. The topological polar surface area (TPSA) is 64.6 Å². The Hall–Kier alpha value is -1.46. The van der Waals surface area contributed by atoms with Gasteiger partial charge in [0.1, 0.15) is 0 Å². The van der Waals surface area contributed by atoms with Crippen LogP contribution in [-0.4, -0.2) is 37.9 Å². The van der Waals surface area contributed by atoms with Gasteiger partial charge in [0.2, 0.25) is 0 Å². The summed E-state index contributed by atoms with van der Waals surface area (Å²) in [5.74, 6) is 0.387. The Morgan fingerprint density at radius 1 is 1.38 bits per heavy atom. The zero-order valence-corrected chi connectivity index (χ0v) is 13.7. The molecule has 2 amide bonds. The molecule has 0 saturated carbocycles. The van der Waals surface area contributed by atoms with Crippen molar-refractivity contribution in [2.24, 2.45) is 5.92 Å². The van der Waals surface area contributed by atoms with Gasteiger partial charge in [0, 0.05) is 25.7 Å². The number of nitrogens with zero attached hydrogens (tertiary/aromatic N) is 1. The molecule has 0 heterocycles. The number of urea groups is 1. The number of aliphatic hydroxyl groups is 1. The highest BCUT2D eigenvalue weighted by atomic mass is 35.5. The molecule has 1 rings (SSSR count). The van der Waals surface area contributed by atoms with Crippen LogP contribution in [-0.2, 0) is 0 Å². The van der Waals surface area contributed by atoms with Crippen molar-refractivity contribution in [1.29, 1.82) is 0 Å². The van der Waals surface area contributed by atoms with Crippen LogP contribution in [0.4, 0.5) is 16.2 Å². The molecule has 118 valence electrons. The minimum absolute atomic E-state index is 0.224. The molecule has 21 heavy (non-hydrogen) atoms. The van der Waals surface area contributed by atoms with Crippen LogP contribution < -0.4 is 15.5 Å². The Morgan fingerprint density at radius 3 is 2.62 bits per heavy atom. The summed E-state index contributed by atoms with van der Waals surface area (Å²) in [6.07, 6.45) is 0.115. The first-order valence-corrected chi connectivity index (χ1v) is 7.37. The number of carbonyl (C=O) groups is 1. The molecule has 0 fully saturated rings. The summed E-state index contributed by atoms with van der Waals surface area (Å²) in [7, 11) is 3.78. The Morgan fingerprint density at radius 2 is 2.05 bits per heavy atom. The van der Waals surface area contributed by atoms with E-state index in [4.69, 9.17) is 11.6 Å². The zero-order valence-electron chi connectivity index (χ0n) is 13.0. The van der Waals surface area contributed by atoms with Gasteiger partial charge in [-0.15, -0.1) is 0 Å². The van der Waals surface area contributed by atoms with Gasteiger partial charge in [-0.05, 0) is 30.5 Å². The number of hydrogen-bond acceptors (Lipinski definition) is 3. The van der Waals surface area contributed by atoms with E-state index in [0.717, 1.165) is 5.69 Å². The van der Waals surface area contributed by atoms with Crippen molar-refractivity contribution >= 4 is 29.0 Å². The van der Waals surface area contributed by atoms with Gasteiger partial charge in [-0.3, -0.25) is 0 Å². The average molecular weight is 314 g/mol. The van der Waals surface area contributed by atoms with E-state index in [0.29, 0.717) is 23.0 Å². The van der Waals surface area contributed by atoms with Gasteiger partial charge in [0.25, 0.3) is 0 Å². The first kappa shape index (κ1) is 17.6. The molecule has 0 bridgehead atoms. The van der Waals surface area contributed by atoms with E-state index in [9.17, 15) is 9.90 Å². The predicted molar refractivity (Wildman–Crippen MR) is 88.3 cm³/mol. The van der Waals surface area contributed by atoms with Crippen molar-refractivity contribution in [1.82, 2.24) is 5.32 Å². The molecule has 1 atom stereocenters. The fraction of sp³-hybridized carbons (Fsp3) is 0.533. The Labute approximate surface area is 131 Å². The van der Waals surface area contributed by atoms with Crippen LogP contribution >= 0.6 is 11.6 Å². The number of hydrogen-bond donors (Lipinski definition) is 3. The summed E-state index contributed by atoms with van der Waals surface area (Å²) in [4.78, 5) is 13.8. The molecular weight excluding hydrogens is 290 g/mol. The first-order chi connectivity index (χ1) is 9.79. The number of benzene rings is 1. The lowest BCUT2D eigenvalue weighted by Gasteiger charge is -2.19. The second-order valence-electron chi connectivity index (χ2n) is 5.67. The summed E-state index contributed by atoms with van der Waals surface area (Å²) in [6, 6.07) is 4.95. The molecule has 0 aromatic heterocycles. The van der Waals surface area contributed by atoms with Gasteiger partial charge in [0.15, 0.2) is 0 Å². The molecule has 0 radical (unpaired) electrons. The maximum atomic E-state index is 11.9. The molecule has 1 aromatic rings. The molecule has 0 spiro atoms. The lowest BCUT2D eigenvalue weighted by Crippen LogP contribution is -2.36. The summed E-state index contributed by atoms with van der Waals surface area (Å²) < 4.78 is 0. The SMILES string of the molecule is CC(C)CC(O)CNC(=O)Nc1cc(Cl)ccc1N(C)C. The van der Waals surface area contributed by atoms with Crippen LogP contribution in [0, 0.1) is 5.92 Å². The quantitative estimate of drug-likeness (QED) is 0.756. The van der Waals surface area contributed by atoms with Gasteiger partial charge in [-0.2, -0.15) is 0 Å². The molecule has 0 aliphatic carbocycles. The van der Waals surface area contributed by atoms with Gasteiger partial charge >= 0.3 is 6.03 Å². The van der Waals surface area contributed by atoms with Gasteiger partial charge in [-0.25, -0.2) is 4.79 Å². The summed E-state index contributed by atoms with van der Waals surface area (Å²) >= 11 is 5.96. The average Bonchev–Trinajstić information content (AvgIpc) is 2.35. The molecule has 1 aromatic carbocycles. The molecule has 0 aliphatic rings. The maximum Gasteiger partial charge on any atom is 0.319 e. The van der Waals surface area contributed by atoms with Crippen molar-refractivity contribution in [2.75, 3.05) is 30.9 Å². The second-order valence-corrected chi connectivity index (χ2v) is 6.11. The summed E-state index contributed by atoms with van der Waals surface area (Å²) in [6.45, 7) is 4.28. The number of aliphatic hydroxyl groups excluding tert-OH is 1. The van der Waals surface area contributed by atoms with Crippen molar-refractivity contribution in [3.8, 4) is 0 Å². The van der Waals surface area contributed by atoms with Crippen molar-refractivity contribution in [3.05, 3.63) is 23.2 Å². The minimum atomic E-state index is -0.538. The third-order valence-corrected chi connectivity index (χ3v) is 3.17. The van der Waals surface area contributed by atoms with Crippen LogP contribution in [0.3, 0.4) is 0 Å². The number of halogens is 1. The number of anilines is 2. The van der Waals surface area contributed by atoms with Crippen molar-refractivity contribution < 1.29 is 9.90 Å². The van der Waals surface area contributed by atoms with Crippen LogP contribution in [0.1, 0.15) is 20.3 Å². The molecule has 0 saturated heterocycles. The predicted octanol–water partition coefficient (Wildman–Crippen LogP) is 2.93. The maximum absolute atomic E-state index is 11.9. The lowest BCUT2D eigenvalue weighted by molar-refractivity contribution is 0.148. The highest BCUT2D eigenvalue weighted by Gasteiger charge is 2.11. The minimum Gasteiger partial charge on any atom is -0.391 e. The lowest BCUT2D eigenvalue weighted by atomic mass is 10.1. The number of amides is 2. The Bertz CT molecular complexity index is 478. The monoisotopic (exact) mass is 313 g/mol. The summed E-state index contributed by atoms with van der Waals surface area (Å²) in [5, 5.41) is 15.7.